The van der Waals surface area contributed by atoms with Crippen molar-refractivity contribution in [3.63, 3.8) is 0 Å². The van der Waals surface area contributed by atoms with E-state index in [9.17, 15) is 19.7 Å². The van der Waals surface area contributed by atoms with Gasteiger partial charge in [-0.25, -0.2) is 14.9 Å². The molecule has 2 atom stereocenters. The number of ketones is 1. The summed E-state index contributed by atoms with van der Waals surface area (Å²) in [5.41, 5.74) is 5.86. The van der Waals surface area contributed by atoms with Crippen molar-refractivity contribution in [3.8, 4) is 0 Å². The monoisotopic (exact) mass is 449 g/mol. The summed E-state index contributed by atoms with van der Waals surface area (Å²) < 4.78 is 5.30. The number of nitro groups is 1. The Morgan fingerprint density at radius 1 is 1.22 bits per heavy atom. The smallest absolute Gasteiger partial charge is 0.408 e. The number of rotatable bonds is 12. The number of guanidine groups is 1. The van der Waals surface area contributed by atoms with E-state index in [1.165, 1.54) is 0 Å². The van der Waals surface area contributed by atoms with Gasteiger partial charge >= 0.3 is 6.09 Å². The van der Waals surface area contributed by atoms with Gasteiger partial charge in [0.2, 0.25) is 0 Å². The Labute approximate surface area is 189 Å². The van der Waals surface area contributed by atoms with Gasteiger partial charge in [0.05, 0.1) is 6.04 Å². The molecule has 1 amide bonds. The van der Waals surface area contributed by atoms with E-state index in [1.54, 1.807) is 20.8 Å². The molecule has 0 radical (unpaired) electrons. The van der Waals surface area contributed by atoms with Gasteiger partial charge in [0.25, 0.3) is 5.96 Å². The maximum absolute atomic E-state index is 12.9. The molecular formula is C22H35N5O5. The Kier molecular flexibility index (Phi) is 11.2. The molecule has 0 bridgehead atoms. The Morgan fingerprint density at radius 3 is 2.47 bits per heavy atom. The molecule has 0 saturated carbocycles. The fraction of sp³-hybridized carbons (Fsp3) is 0.591. The lowest BCUT2D eigenvalue weighted by molar-refractivity contribution is -0.485. The largest absolute Gasteiger partial charge is 0.444 e. The lowest BCUT2D eigenvalue weighted by atomic mass is 9.92. The van der Waals surface area contributed by atoms with Gasteiger partial charge in [-0.15, -0.1) is 0 Å². The molecule has 0 heterocycles. The van der Waals surface area contributed by atoms with E-state index in [4.69, 9.17) is 10.5 Å². The van der Waals surface area contributed by atoms with E-state index in [1.807, 2.05) is 37.3 Å². The van der Waals surface area contributed by atoms with E-state index in [0.29, 0.717) is 32.2 Å². The zero-order valence-corrected chi connectivity index (χ0v) is 19.3. The van der Waals surface area contributed by atoms with Crippen LogP contribution in [0.15, 0.2) is 35.4 Å². The molecule has 10 nitrogen and oxygen atoms in total. The van der Waals surface area contributed by atoms with Crippen LogP contribution in [0.25, 0.3) is 0 Å². The normalized spacial score (nSPS) is 13.7. The number of nitrogens with two attached hydrogens (primary N) is 1. The second kappa shape index (κ2) is 13.3. The highest BCUT2D eigenvalue weighted by Gasteiger charge is 2.25. The minimum Gasteiger partial charge on any atom is -0.444 e. The Bertz CT molecular complexity index is 777. The quantitative estimate of drug-likeness (QED) is 0.146. The third-order valence-corrected chi connectivity index (χ3v) is 4.47. The van der Waals surface area contributed by atoms with Gasteiger partial charge in [-0.1, -0.05) is 37.3 Å². The number of unbranched alkanes of at least 4 members (excludes halogenated alkanes) is 1. The number of benzene rings is 1. The van der Waals surface area contributed by atoms with Crippen LogP contribution in [0.2, 0.25) is 0 Å². The standard InChI is InChI=1S/C22H35N5O5/c1-16(14-17-10-6-5-7-11-17)15-19(28)18(25-21(29)32-22(2,3)4)12-8-9-13-24-20(23)26-27(30)31/h5-7,10-11,16,18H,8-9,12-15H2,1-4H3,(H,25,29)(H3,23,24,26)/t16-,18-/m0/s1. The molecule has 1 aromatic carbocycles. The summed E-state index contributed by atoms with van der Waals surface area (Å²) in [5, 5.41) is 17.7. The van der Waals surface area contributed by atoms with Crippen molar-refractivity contribution in [1.29, 1.82) is 0 Å². The highest BCUT2D eigenvalue weighted by atomic mass is 16.7. The summed E-state index contributed by atoms with van der Waals surface area (Å²) in [6.07, 6.45) is 2.07. The van der Waals surface area contributed by atoms with Crippen molar-refractivity contribution in [2.75, 3.05) is 6.54 Å². The number of carbonyl (C=O) groups is 2. The molecule has 0 aliphatic carbocycles. The third-order valence-electron chi connectivity index (χ3n) is 4.47. The lowest BCUT2D eigenvalue weighted by Gasteiger charge is -2.24. The average Bonchev–Trinajstić information content (AvgIpc) is 2.65. The predicted molar refractivity (Wildman–Crippen MR) is 123 cm³/mol. The van der Waals surface area contributed by atoms with Gasteiger partial charge < -0.3 is 21.1 Å². The van der Waals surface area contributed by atoms with Crippen LogP contribution >= 0.6 is 0 Å². The summed E-state index contributed by atoms with van der Waals surface area (Å²) in [4.78, 5) is 35.5. The summed E-state index contributed by atoms with van der Waals surface area (Å²) in [7, 11) is 0. The number of amides is 1. The highest BCUT2D eigenvalue weighted by Crippen LogP contribution is 2.15. The van der Waals surface area contributed by atoms with Crippen molar-refractivity contribution in [2.24, 2.45) is 16.8 Å². The zero-order chi connectivity index (χ0) is 24.1. The fourth-order valence-corrected chi connectivity index (χ4v) is 3.15. The van der Waals surface area contributed by atoms with E-state index < -0.39 is 22.8 Å². The molecule has 0 spiro atoms. The number of ether oxygens (including phenoxy) is 1. The Morgan fingerprint density at radius 2 is 1.88 bits per heavy atom. The number of alkyl carbamates (subject to hydrolysis) is 1. The lowest BCUT2D eigenvalue weighted by Crippen LogP contribution is -2.44. The van der Waals surface area contributed by atoms with Crippen molar-refractivity contribution in [2.45, 2.75) is 71.4 Å². The highest BCUT2D eigenvalue weighted by molar-refractivity contribution is 5.87. The van der Waals surface area contributed by atoms with E-state index in [2.05, 4.69) is 15.7 Å². The summed E-state index contributed by atoms with van der Waals surface area (Å²) >= 11 is 0. The number of nitrogens with zero attached hydrogens (tertiary/aromatic N) is 2. The molecule has 4 N–H and O–H groups in total. The van der Waals surface area contributed by atoms with Crippen molar-refractivity contribution < 1.29 is 19.4 Å². The number of hydrogen-bond acceptors (Lipinski definition) is 5. The van der Waals surface area contributed by atoms with Gasteiger partial charge in [-0.3, -0.25) is 4.79 Å². The second-order valence-electron chi connectivity index (χ2n) is 8.81. The number of nitrogens with one attached hydrogen (secondary N) is 2. The molecule has 0 unspecified atom stereocenters. The van der Waals surface area contributed by atoms with E-state index >= 15 is 0 Å². The third kappa shape index (κ3) is 12.5. The maximum atomic E-state index is 12.9. The van der Waals surface area contributed by atoms with Gasteiger partial charge in [0.15, 0.2) is 10.8 Å². The van der Waals surface area contributed by atoms with Crippen LogP contribution in [0, 0.1) is 16.0 Å². The first-order valence-electron chi connectivity index (χ1n) is 10.7. The van der Waals surface area contributed by atoms with Crippen LogP contribution in [0.1, 0.15) is 58.9 Å². The van der Waals surface area contributed by atoms with Crippen LogP contribution in [0.3, 0.4) is 0 Å². The van der Waals surface area contributed by atoms with Gasteiger partial charge in [-0.05, 0) is 57.9 Å². The van der Waals surface area contributed by atoms with Crippen molar-refractivity contribution in [3.05, 3.63) is 46.0 Å². The van der Waals surface area contributed by atoms with Crippen molar-refractivity contribution >= 4 is 17.8 Å². The van der Waals surface area contributed by atoms with Crippen LogP contribution in [-0.4, -0.2) is 41.1 Å². The summed E-state index contributed by atoms with van der Waals surface area (Å²) in [5.74, 6) is -0.210. The van der Waals surface area contributed by atoms with Gasteiger partial charge in [0.1, 0.15) is 10.7 Å². The van der Waals surface area contributed by atoms with Crippen molar-refractivity contribution in [1.82, 2.24) is 10.6 Å². The first kappa shape index (κ1) is 26.9. The van der Waals surface area contributed by atoms with Crippen LogP contribution in [0.5, 0.6) is 0 Å². The summed E-state index contributed by atoms with van der Waals surface area (Å²) in [6.45, 7) is 7.65. The zero-order valence-electron chi connectivity index (χ0n) is 19.3. The molecule has 178 valence electrons. The molecule has 0 saturated heterocycles. The molecular weight excluding hydrogens is 414 g/mol. The number of hydrogen-bond donors (Lipinski definition) is 3. The minimum atomic E-state index is -0.877. The van der Waals surface area contributed by atoms with E-state index in [0.717, 1.165) is 12.0 Å². The molecule has 0 aromatic heterocycles. The predicted octanol–water partition coefficient (Wildman–Crippen LogP) is 2.98. The number of Topliss-reactive ketones (excluding diaryl/α,β-unsaturated/α-hetero) is 1. The number of hydrazone groups is 1. The Hall–Kier alpha value is -3.17. The first-order valence-corrected chi connectivity index (χ1v) is 10.7. The Balaban J connectivity index is 2.63. The maximum Gasteiger partial charge on any atom is 0.408 e. The first-order chi connectivity index (χ1) is 15.0. The number of carbonyl (C=O) groups excluding carboxylic acids is 2. The molecule has 1 aromatic rings. The van der Waals surface area contributed by atoms with Gasteiger partial charge in [0, 0.05) is 13.0 Å². The molecule has 0 aliphatic heterocycles. The SMILES string of the molecule is C[C@H](CC(=O)[C@H](CCCCN/C(N)=N/[N+](=O)[O-])NC(=O)OC(C)(C)C)Cc1ccccc1. The fourth-order valence-electron chi connectivity index (χ4n) is 3.15. The van der Waals surface area contributed by atoms with Crippen LogP contribution in [-0.2, 0) is 16.0 Å². The average molecular weight is 450 g/mol. The molecule has 32 heavy (non-hydrogen) atoms. The van der Waals surface area contributed by atoms with Crippen LogP contribution < -0.4 is 16.4 Å². The van der Waals surface area contributed by atoms with Gasteiger partial charge in [-0.2, -0.15) is 0 Å². The molecule has 0 aliphatic rings. The molecule has 0 fully saturated rings. The van der Waals surface area contributed by atoms with Crippen LogP contribution in [0.4, 0.5) is 4.79 Å². The topological polar surface area (TPSA) is 149 Å². The molecule has 1 rings (SSSR count). The summed E-state index contributed by atoms with van der Waals surface area (Å²) in [6, 6.07) is 9.26. The second-order valence-corrected chi connectivity index (χ2v) is 8.81. The minimum absolute atomic E-state index is 0.0540. The molecule has 10 heteroatoms. The van der Waals surface area contributed by atoms with E-state index in [-0.39, 0.29) is 17.7 Å².